The number of ether oxygens (including phenoxy) is 1. The highest BCUT2D eigenvalue weighted by Crippen LogP contribution is 2.23. The summed E-state index contributed by atoms with van der Waals surface area (Å²) in [6.45, 7) is 0. The van der Waals surface area contributed by atoms with Gasteiger partial charge in [0.25, 0.3) is 0 Å². The summed E-state index contributed by atoms with van der Waals surface area (Å²) in [4.78, 5) is 16.8. The number of esters is 1. The van der Waals surface area contributed by atoms with Crippen LogP contribution in [0.3, 0.4) is 0 Å². The average Bonchev–Trinajstić information content (AvgIpc) is 2.48. The van der Waals surface area contributed by atoms with E-state index in [2.05, 4.69) is 4.98 Å². The molecule has 2 aromatic rings. The highest BCUT2D eigenvalue weighted by Gasteiger charge is 2.10. The number of aryl methyl sites for hydroxylation is 1. The lowest BCUT2D eigenvalue weighted by atomic mass is 10.2. The van der Waals surface area contributed by atoms with Crippen LogP contribution in [0.5, 0.6) is 0 Å². The summed E-state index contributed by atoms with van der Waals surface area (Å²) < 4.78 is 4.78. The van der Waals surface area contributed by atoms with Gasteiger partial charge in [-0.1, -0.05) is 18.2 Å². The molecule has 19 heavy (non-hydrogen) atoms. The van der Waals surface area contributed by atoms with Crippen LogP contribution >= 0.6 is 11.8 Å². The van der Waals surface area contributed by atoms with Crippen molar-refractivity contribution in [1.82, 2.24) is 4.98 Å². The molecule has 0 aliphatic carbocycles. The number of benzene rings is 1. The third-order valence-corrected chi connectivity index (χ3v) is 3.71. The Balaban J connectivity index is 1.98. The van der Waals surface area contributed by atoms with Crippen LogP contribution in [0.15, 0.2) is 53.6 Å². The summed E-state index contributed by atoms with van der Waals surface area (Å²) in [5.74, 6) is 0.589. The number of methoxy groups -OCH3 is 1. The monoisotopic (exact) mass is 273 g/mol. The van der Waals surface area contributed by atoms with Crippen LogP contribution in [0.2, 0.25) is 0 Å². The van der Waals surface area contributed by atoms with Crippen molar-refractivity contribution >= 4 is 17.7 Å². The third-order valence-electron chi connectivity index (χ3n) is 2.63. The molecule has 1 aromatic heterocycles. The molecule has 0 radical (unpaired) electrons. The third kappa shape index (κ3) is 3.83. The van der Waals surface area contributed by atoms with Gasteiger partial charge in [-0.05, 0) is 30.7 Å². The van der Waals surface area contributed by atoms with Gasteiger partial charge in [-0.2, -0.15) is 0 Å². The second kappa shape index (κ2) is 6.95. The van der Waals surface area contributed by atoms with Crippen molar-refractivity contribution in [2.24, 2.45) is 0 Å². The standard InChI is InChI=1S/C15H15NO2S/c1-18-15(17)13-7-2-3-8-14(13)19-11-9-12-6-4-5-10-16-12/h2-8,10H,9,11H2,1H3. The van der Waals surface area contributed by atoms with Crippen LogP contribution in [0.25, 0.3) is 0 Å². The molecule has 0 aliphatic heterocycles. The Morgan fingerprint density at radius 2 is 2.00 bits per heavy atom. The molecule has 0 atom stereocenters. The molecule has 4 heteroatoms. The molecule has 0 spiro atoms. The van der Waals surface area contributed by atoms with Gasteiger partial charge < -0.3 is 4.74 Å². The van der Waals surface area contributed by atoms with Crippen LogP contribution in [-0.4, -0.2) is 23.8 Å². The van der Waals surface area contributed by atoms with Gasteiger partial charge in [0.1, 0.15) is 0 Å². The van der Waals surface area contributed by atoms with Crippen LogP contribution in [0.4, 0.5) is 0 Å². The highest BCUT2D eigenvalue weighted by molar-refractivity contribution is 7.99. The second-order valence-electron chi connectivity index (χ2n) is 3.91. The molecule has 0 unspecified atom stereocenters. The van der Waals surface area contributed by atoms with Crippen molar-refractivity contribution in [1.29, 1.82) is 0 Å². The van der Waals surface area contributed by atoms with Crippen molar-refractivity contribution in [3.63, 3.8) is 0 Å². The van der Waals surface area contributed by atoms with E-state index in [0.29, 0.717) is 5.56 Å². The SMILES string of the molecule is COC(=O)c1ccccc1SCCc1ccccn1. The molecule has 1 heterocycles. The first-order valence-corrected chi connectivity index (χ1v) is 7.00. The second-order valence-corrected chi connectivity index (χ2v) is 5.04. The highest BCUT2D eigenvalue weighted by atomic mass is 32.2. The van der Waals surface area contributed by atoms with E-state index in [1.807, 2.05) is 36.4 Å². The Bertz CT molecular complexity index is 543. The first-order valence-electron chi connectivity index (χ1n) is 6.01. The molecule has 1 aromatic carbocycles. The molecule has 0 amide bonds. The molecule has 0 aliphatic rings. The maximum Gasteiger partial charge on any atom is 0.338 e. The quantitative estimate of drug-likeness (QED) is 0.619. The van der Waals surface area contributed by atoms with Crippen molar-refractivity contribution in [2.75, 3.05) is 12.9 Å². The fourth-order valence-corrected chi connectivity index (χ4v) is 2.70. The van der Waals surface area contributed by atoms with E-state index in [4.69, 9.17) is 4.74 Å². The molecule has 0 saturated carbocycles. The molecular formula is C15H15NO2S. The van der Waals surface area contributed by atoms with Crippen LogP contribution in [-0.2, 0) is 11.2 Å². The van der Waals surface area contributed by atoms with Crippen LogP contribution in [0.1, 0.15) is 16.1 Å². The minimum atomic E-state index is -0.291. The number of aromatic nitrogens is 1. The molecule has 3 nitrogen and oxygen atoms in total. The van der Waals surface area contributed by atoms with Crippen LogP contribution in [0, 0.1) is 0 Å². The summed E-state index contributed by atoms with van der Waals surface area (Å²) in [5.41, 5.74) is 1.68. The molecular weight excluding hydrogens is 258 g/mol. The zero-order valence-corrected chi connectivity index (χ0v) is 11.5. The van der Waals surface area contributed by atoms with Crippen LogP contribution < -0.4 is 0 Å². The van der Waals surface area contributed by atoms with E-state index >= 15 is 0 Å². The number of hydrogen-bond acceptors (Lipinski definition) is 4. The molecule has 98 valence electrons. The van der Waals surface area contributed by atoms with Gasteiger partial charge in [0.15, 0.2) is 0 Å². The lowest BCUT2D eigenvalue weighted by molar-refractivity contribution is 0.0597. The molecule has 0 bridgehead atoms. The topological polar surface area (TPSA) is 39.2 Å². The number of nitrogens with zero attached hydrogens (tertiary/aromatic N) is 1. The Morgan fingerprint density at radius 3 is 2.74 bits per heavy atom. The molecule has 0 fully saturated rings. The minimum absolute atomic E-state index is 0.291. The fourth-order valence-electron chi connectivity index (χ4n) is 1.68. The first-order chi connectivity index (χ1) is 9.31. The lowest BCUT2D eigenvalue weighted by Crippen LogP contribution is -2.03. The van der Waals surface area contributed by atoms with Crippen molar-refractivity contribution in [3.05, 3.63) is 59.9 Å². The predicted molar refractivity (Wildman–Crippen MR) is 76.4 cm³/mol. The van der Waals surface area contributed by atoms with Crippen molar-refractivity contribution in [2.45, 2.75) is 11.3 Å². The van der Waals surface area contributed by atoms with E-state index in [1.54, 1.807) is 24.0 Å². The number of hydrogen-bond donors (Lipinski definition) is 0. The summed E-state index contributed by atoms with van der Waals surface area (Å²) in [7, 11) is 1.40. The maximum absolute atomic E-state index is 11.6. The van der Waals surface area contributed by atoms with Gasteiger partial charge in [0.05, 0.1) is 12.7 Å². The summed E-state index contributed by atoms with van der Waals surface area (Å²) in [6.07, 6.45) is 2.67. The first kappa shape index (κ1) is 13.6. The largest absolute Gasteiger partial charge is 0.465 e. The number of carbonyl (C=O) groups excluding carboxylic acids is 1. The van der Waals surface area contributed by atoms with Gasteiger partial charge in [-0.3, -0.25) is 4.98 Å². The Morgan fingerprint density at radius 1 is 1.21 bits per heavy atom. The normalized spacial score (nSPS) is 10.2. The van der Waals surface area contributed by atoms with Gasteiger partial charge >= 0.3 is 5.97 Å². The van der Waals surface area contributed by atoms with Crippen molar-refractivity contribution < 1.29 is 9.53 Å². The summed E-state index contributed by atoms with van der Waals surface area (Å²) in [6, 6.07) is 13.4. The molecule has 0 N–H and O–H groups in total. The lowest BCUT2D eigenvalue weighted by Gasteiger charge is -2.07. The van der Waals surface area contributed by atoms with Crippen molar-refractivity contribution in [3.8, 4) is 0 Å². The molecule has 2 rings (SSSR count). The number of thioether (sulfide) groups is 1. The minimum Gasteiger partial charge on any atom is -0.465 e. The average molecular weight is 273 g/mol. The number of carbonyl (C=O) groups is 1. The predicted octanol–water partition coefficient (Wildman–Crippen LogP) is 3.20. The Labute approximate surface area is 117 Å². The maximum atomic E-state index is 11.6. The Hall–Kier alpha value is -1.81. The fraction of sp³-hybridized carbons (Fsp3) is 0.200. The zero-order chi connectivity index (χ0) is 13.5. The summed E-state index contributed by atoms with van der Waals surface area (Å²) in [5, 5.41) is 0. The number of pyridine rings is 1. The molecule has 0 saturated heterocycles. The number of rotatable bonds is 5. The van der Waals surface area contributed by atoms with E-state index < -0.39 is 0 Å². The van der Waals surface area contributed by atoms with Gasteiger partial charge in [-0.25, -0.2) is 4.79 Å². The van der Waals surface area contributed by atoms with E-state index in [-0.39, 0.29) is 5.97 Å². The zero-order valence-electron chi connectivity index (χ0n) is 10.7. The summed E-state index contributed by atoms with van der Waals surface area (Å²) >= 11 is 1.64. The van der Waals surface area contributed by atoms with E-state index in [1.165, 1.54) is 7.11 Å². The smallest absolute Gasteiger partial charge is 0.338 e. The van der Waals surface area contributed by atoms with E-state index in [9.17, 15) is 4.79 Å². The van der Waals surface area contributed by atoms with Gasteiger partial charge in [0, 0.05) is 22.5 Å². The van der Waals surface area contributed by atoms with Gasteiger partial charge in [0.2, 0.25) is 0 Å². The van der Waals surface area contributed by atoms with Gasteiger partial charge in [-0.15, -0.1) is 11.8 Å². The Kier molecular flexibility index (Phi) is 4.98. The van der Waals surface area contributed by atoms with E-state index in [0.717, 1.165) is 22.8 Å².